The highest BCUT2D eigenvalue weighted by Gasteiger charge is 2.48. The normalized spacial score (nSPS) is 18.1. The Hall–Kier alpha value is -3.37. The van der Waals surface area contributed by atoms with Crippen molar-refractivity contribution in [1.82, 2.24) is 19.6 Å². The third kappa shape index (κ3) is 3.14. The number of imidazole rings is 1. The van der Waals surface area contributed by atoms with Crippen molar-refractivity contribution in [2.24, 2.45) is 0 Å². The van der Waals surface area contributed by atoms with Crippen LogP contribution in [0.1, 0.15) is 28.0 Å². The maximum Gasteiger partial charge on any atom is 0.301 e. The van der Waals surface area contributed by atoms with Crippen LogP contribution in [-0.2, 0) is 9.59 Å². The molecule has 10 heteroatoms. The molecule has 1 aliphatic rings. The molecule has 1 unspecified atom stereocenters. The summed E-state index contributed by atoms with van der Waals surface area (Å²) in [5.74, 6) is -1.84. The summed E-state index contributed by atoms with van der Waals surface area (Å²) in [6.07, 6.45) is 1.75. The van der Waals surface area contributed by atoms with Crippen LogP contribution >= 0.6 is 27.3 Å². The molecule has 0 bridgehead atoms. The Morgan fingerprint density at radius 3 is 2.66 bits per heavy atom. The van der Waals surface area contributed by atoms with E-state index < -0.39 is 17.7 Å². The minimum Gasteiger partial charge on any atom is -0.505 e. The maximum atomic E-state index is 13.3. The Morgan fingerprint density at radius 2 is 1.94 bits per heavy atom. The van der Waals surface area contributed by atoms with E-state index in [2.05, 4.69) is 31.1 Å². The number of Topliss-reactive ketones (excluding diaryl/α,β-unsaturated/α-hetero) is 1. The van der Waals surface area contributed by atoms with E-state index in [1.165, 1.54) is 16.2 Å². The lowest BCUT2D eigenvalue weighted by Gasteiger charge is -2.22. The SMILES string of the molecule is Cc1nnc(N2C(=O)C(=O)/C(=C(/O)c3c(C)nc4ccccn34)C2c2cccc(Br)c2)s1. The van der Waals surface area contributed by atoms with Crippen LogP contribution in [0.2, 0.25) is 0 Å². The number of hydrogen-bond donors (Lipinski definition) is 1. The highest BCUT2D eigenvalue weighted by atomic mass is 79.9. The smallest absolute Gasteiger partial charge is 0.301 e. The highest BCUT2D eigenvalue weighted by Crippen LogP contribution is 2.43. The summed E-state index contributed by atoms with van der Waals surface area (Å²) in [7, 11) is 0. The number of hydrogen-bond acceptors (Lipinski definition) is 7. The van der Waals surface area contributed by atoms with Gasteiger partial charge in [-0.2, -0.15) is 0 Å². The Labute approximate surface area is 195 Å². The molecule has 1 amide bonds. The fraction of sp³-hybridized carbons (Fsp3) is 0.136. The molecule has 4 heterocycles. The third-order valence-corrected chi connectivity index (χ3v) is 6.59. The monoisotopic (exact) mass is 509 g/mol. The first kappa shape index (κ1) is 20.5. The number of halogens is 1. The summed E-state index contributed by atoms with van der Waals surface area (Å²) in [5, 5.41) is 20.5. The number of aliphatic hydroxyl groups is 1. The number of aryl methyl sites for hydroxylation is 2. The quantitative estimate of drug-likeness (QED) is 0.252. The molecular weight excluding hydrogens is 494 g/mol. The van der Waals surface area contributed by atoms with Crippen LogP contribution in [0.5, 0.6) is 0 Å². The number of pyridine rings is 1. The fourth-order valence-electron chi connectivity index (χ4n) is 3.93. The Kier molecular flexibility index (Phi) is 4.90. The van der Waals surface area contributed by atoms with E-state index in [4.69, 9.17) is 0 Å². The van der Waals surface area contributed by atoms with Crippen LogP contribution in [0.3, 0.4) is 0 Å². The van der Waals surface area contributed by atoms with E-state index >= 15 is 0 Å². The number of carbonyl (C=O) groups is 2. The molecule has 3 aromatic heterocycles. The van der Waals surface area contributed by atoms with Crippen molar-refractivity contribution in [1.29, 1.82) is 0 Å². The Bertz CT molecular complexity index is 1440. The predicted molar refractivity (Wildman–Crippen MR) is 123 cm³/mol. The van der Waals surface area contributed by atoms with E-state index in [-0.39, 0.29) is 11.3 Å². The van der Waals surface area contributed by atoms with Gasteiger partial charge < -0.3 is 5.11 Å². The molecule has 1 atom stereocenters. The topological polar surface area (TPSA) is 101 Å². The number of carbonyl (C=O) groups excluding carboxylic acids is 2. The summed E-state index contributed by atoms with van der Waals surface area (Å²) >= 11 is 4.66. The van der Waals surface area contributed by atoms with Gasteiger partial charge in [0.05, 0.1) is 17.3 Å². The van der Waals surface area contributed by atoms with Crippen molar-refractivity contribution in [3.05, 3.63) is 80.7 Å². The summed E-state index contributed by atoms with van der Waals surface area (Å²) in [5.41, 5.74) is 2.17. The van der Waals surface area contributed by atoms with Gasteiger partial charge in [-0.1, -0.05) is 45.5 Å². The zero-order valence-corrected chi connectivity index (χ0v) is 19.4. The highest BCUT2D eigenvalue weighted by molar-refractivity contribution is 9.10. The molecule has 1 aliphatic heterocycles. The molecule has 0 radical (unpaired) electrons. The minimum atomic E-state index is -0.867. The molecular formula is C22H16BrN5O3S. The first-order valence-corrected chi connectivity index (χ1v) is 11.3. The van der Waals surface area contributed by atoms with Crippen molar-refractivity contribution in [2.75, 3.05) is 4.90 Å². The second kappa shape index (κ2) is 7.64. The second-order valence-electron chi connectivity index (χ2n) is 7.30. The van der Waals surface area contributed by atoms with Gasteiger partial charge in [0.1, 0.15) is 16.3 Å². The van der Waals surface area contributed by atoms with Gasteiger partial charge in [0.15, 0.2) is 5.76 Å². The number of fused-ring (bicyclic) bond motifs is 1. The largest absolute Gasteiger partial charge is 0.505 e. The number of amides is 1. The average Bonchev–Trinajstić information content (AvgIpc) is 3.41. The number of rotatable bonds is 3. The first-order chi connectivity index (χ1) is 15.4. The van der Waals surface area contributed by atoms with Gasteiger partial charge in [-0.15, -0.1) is 10.2 Å². The van der Waals surface area contributed by atoms with E-state index in [0.29, 0.717) is 32.7 Å². The number of nitrogens with zero attached hydrogens (tertiary/aromatic N) is 5. The average molecular weight is 510 g/mol. The van der Waals surface area contributed by atoms with Crippen LogP contribution < -0.4 is 4.90 Å². The molecule has 160 valence electrons. The maximum absolute atomic E-state index is 13.3. The molecule has 5 rings (SSSR count). The number of benzene rings is 1. The molecule has 32 heavy (non-hydrogen) atoms. The first-order valence-electron chi connectivity index (χ1n) is 9.67. The summed E-state index contributed by atoms with van der Waals surface area (Å²) in [6, 6.07) is 11.8. The van der Waals surface area contributed by atoms with Crippen LogP contribution in [0.4, 0.5) is 5.13 Å². The number of ketones is 1. The third-order valence-electron chi connectivity index (χ3n) is 5.26. The number of anilines is 1. The van der Waals surface area contributed by atoms with Crippen LogP contribution in [-0.4, -0.2) is 36.4 Å². The predicted octanol–water partition coefficient (Wildman–Crippen LogP) is 4.19. The van der Waals surface area contributed by atoms with Gasteiger partial charge in [0.25, 0.3) is 5.78 Å². The van der Waals surface area contributed by atoms with E-state index in [9.17, 15) is 14.7 Å². The van der Waals surface area contributed by atoms with E-state index in [1.807, 2.05) is 24.3 Å². The summed E-state index contributed by atoms with van der Waals surface area (Å²) in [4.78, 5) is 32.2. The lowest BCUT2D eigenvalue weighted by molar-refractivity contribution is -0.132. The summed E-state index contributed by atoms with van der Waals surface area (Å²) < 4.78 is 2.48. The molecule has 0 aliphatic carbocycles. The van der Waals surface area contributed by atoms with Gasteiger partial charge in [-0.05, 0) is 43.7 Å². The van der Waals surface area contributed by atoms with Gasteiger partial charge in [-0.3, -0.25) is 18.9 Å². The van der Waals surface area contributed by atoms with Crippen LogP contribution in [0, 0.1) is 13.8 Å². The molecule has 1 saturated heterocycles. The minimum absolute atomic E-state index is 0.0188. The molecule has 1 fully saturated rings. The van der Waals surface area contributed by atoms with E-state index in [1.54, 1.807) is 42.6 Å². The standard InChI is InChI=1S/C22H16BrN5O3S/c1-11-17(27-9-4-3-8-15(27)24-11)19(29)16-18(13-6-5-7-14(23)10-13)28(21(31)20(16)30)22-26-25-12(2)32-22/h3-10,18,29H,1-2H3/b19-16+. The van der Waals surface area contributed by atoms with Crippen molar-refractivity contribution < 1.29 is 14.7 Å². The fourth-order valence-corrected chi connectivity index (χ4v) is 5.06. The molecule has 0 saturated carbocycles. The lowest BCUT2D eigenvalue weighted by atomic mass is 9.96. The van der Waals surface area contributed by atoms with Crippen LogP contribution in [0.15, 0.2) is 58.7 Å². The van der Waals surface area contributed by atoms with Gasteiger partial charge in [-0.25, -0.2) is 4.98 Å². The van der Waals surface area contributed by atoms with Crippen molar-refractivity contribution in [3.8, 4) is 0 Å². The van der Waals surface area contributed by atoms with Gasteiger partial charge in [0.2, 0.25) is 5.13 Å². The summed E-state index contributed by atoms with van der Waals surface area (Å²) in [6.45, 7) is 3.52. The Balaban J connectivity index is 1.80. The van der Waals surface area contributed by atoms with E-state index in [0.717, 1.165) is 4.47 Å². The van der Waals surface area contributed by atoms with Gasteiger partial charge >= 0.3 is 5.91 Å². The van der Waals surface area contributed by atoms with Gasteiger partial charge in [0, 0.05) is 10.7 Å². The van der Waals surface area contributed by atoms with Crippen molar-refractivity contribution in [3.63, 3.8) is 0 Å². The van der Waals surface area contributed by atoms with Crippen molar-refractivity contribution in [2.45, 2.75) is 19.9 Å². The number of aromatic nitrogens is 4. The molecule has 8 nitrogen and oxygen atoms in total. The Morgan fingerprint density at radius 1 is 1.12 bits per heavy atom. The van der Waals surface area contributed by atoms with Crippen LogP contribution in [0.25, 0.3) is 11.4 Å². The molecule has 0 spiro atoms. The second-order valence-corrected chi connectivity index (χ2v) is 9.38. The van der Waals surface area contributed by atoms with Crippen molar-refractivity contribution >= 4 is 55.5 Å². The zero-order chi connectivity index (χ0) is 22.6. The molecule has 1 N–H and O–H groups in total. The zero-order valence-electron chi connectivity index (χ0n) is 17.0. The molecule has 4 aromatic rings. The lowest BCUT2D eigenvalue weighted by Crippen LogP contribution is -2.29. The molecule has 1 aromatic carbocycles. The number of aliphatic hydroxyl groups excluding tert-OH is 1.